The van der Waals surface area contributed by atoms with Gasteiger partial charge in [-0.15, -0.1) is 11.3 Å². The summed E-state index contributed by atoms with van der Waals surface area (Å²) in [6.07, 6.45) is 0. The second-order valence-electron chi connectivity index (χ2n) is 5.27. The number of fused-ring (bicyclic) bond motifs is 2. The van der Waals surface area contributed by atoms with Crippen molar-refractivity contribution in [1.29, 1.82) is 0 Å². The molecule has 0 fully saturated rings. The molecule has 4 heteroatoms. The molecular formula is C18H13BO2S. The molecule has 4 aromatic rings. The highest BCUT2D eigenvalue weighted by Crippen LogP contribution is 2.37. The summed E-state index contributed by atoms with van der Waals surface area (Å²) in [6.45, 7) is 0. The molecule has 1 heterocycles. The molecule has 22 heavy (non-hydrogen) atoms. The molecule has 0 amide bonds. The number of rotatable bonds is 2. The quantitative estimate of drug-likeness (QED) is 0.440. The normalized spacial score (nSPS) is 11.2. The van der Waals surface area contributed by atoms with Crippen molar-refractivity contribution in [3.63, 3.8) is 0 Å². The van der Waals surface area contributed by atoms with Crippen LogP contribution in [0.4, 0.5) is 0 Å². The highest BCUT2D eigenvalue weighted by atomic mass is 32.1. The third kappa shape index (κ3) is 2.13. The van der Waals surface area contributed by atoms with Gasteiger partial charge in [0.05, 0.1) is 0 Å². The molecule has 0 radical (unpaired) electrons. The minimum Gasteiger partial charge on any atom is -0.423 e. The molecule has 0 aliphatic carbocycles. The van der Waals surface area contributed by atoms with E-state index in [1.807, 2.05) is 30.3 Å². The third-order valence-corrected chi connectivity index (χ3v) is 5.04. The van der Waals surface area contributed by atoms with Gasteiger partial charge >= 0.3 is 7.12 Å². The zero-order chi connectivity index (χ0) is 15.1. The Morgan fingerprint density at radius 1 is 0.727 bits per heavy atom. The predicted molar refractivity (Wildman–Crippen MR) is 94.6 cm³/mol. The monoisotopic (exact) mass is 304 g/mol. The van der Waals surface area contributed by atoms with Crippen LogP contribution in [0, 0.1) is 0 Å². The fourth-order valence-corrected chi connectivity index (χ4v) is 3.86. The smallest absolute Gasteiger partial charge is 0.423 e. The van der Waals surface area contributed by atoms with E-state index in [0.29, 0.717) is 4.78 Å². The summed E-state index contributed by atoms with van der Waals surface area (Å²) in [5.74, 6) is 0. The molecule has 1 aromatic heterocycles. The van der Waals surface area contributed by atoms with Crippen LogP contribution in [-0.4, -0.2) is 17.2 Å². The molecule has 2 nitrogen and oxygen atoms in total. The van der Waals surface area contributed by atoms with Crippen LogP contribution in [0.15, 0.2) is 66.7 Å². The van der Waals surface area contributed by atoms with Crippen molar-refractivity contribution in [1.82, 2.24) is 0 Å². The first-order valence-corrected chi connectivity index (χ1v) is 7.92. The van der Waals surface area contributed by atoms with Crippen LogP contribution in [0.25, 0.3) is 32.0 Å². The van der Waals surface area contributed by atoms with Crippen LogP contribution in [-0.2, 0) is 0 Å². The minimum atomic E-state index is -1.42. The Kier molecular flexibility index (Phi) is 3.23. The molecular weight excluding hydrogens is 291 g/mol. The standard InChI is InChI=1S/C18H13BO2S/c20-19(21)17-10-9-16(22-17)18-14-7-3-1-5-12(14)11-13-6-2-4-8-15(13)18/h1-11,20-21H. The predicted octanol–water partition coefficient (Wildman–Crippen LogP) is 3.40. The maximum Gasteiger partial charge on any atom is 0.499 e. The first-order chi connectivity index (χ1) is 10.7. The number of thiophene rings is 1. The summed E-state index contributed by atoms with van der Waals surface area (Å²) in [5, 5.41) is 23.5. The van der Waals surface area contributed by atoms with Gasteiger partial charge in [-0.05, 0) is 33.7 Å². The van der Waals surface area contributed by atoms with Crippen LogP contribution in [0.2, 0.25) is 0 Å². The van der Waals surface area contributed by atoms with Gasteiger partial charge in [-0.25, -0.2) is 0 Å². The molecule has 0 atom stereocenters. The van der Waals surface area contributed by atoms with E-state index >= 15 is 0 Å². The second-order valence-corrected chi connectivity index (χ2v) is 6.38. The van der Waals surface area contributed by atoms with E-state index in [-0.39, 0.29) is 0 Å². The van der Waals surface area contributed by atoms with Crippen molar-refractivity contribution in [2.24, 2.45) is 0 Å². The van der Waals surface area contributed by atoms with Crippen molar-refractivity contribution in [3.05, 3.63) is 66.7 Å². The molecule has 2 N–H and O–H groups in total. The van der Waals surface area contributed by atoms with Crippen LogP contribution in [0.5, 0.6) is 0 Å². The largest absolute Gasteiger partial charge is 0.499 e. The van der Waals surface area contributed by atoms with Crippen LogP contribution < -0.4 is 4.78 Å². The SMILES string of the molecule is OB(O)c1ccc(-c2c3ccccc3cc3ccccc23)s1. The van der Waals surface area contributed by atoms with Gasteiger partial charge in [0.25, 0.3) is 0 Å². The number of hydrogen-bond acceptors (Lipinski definition) is 3. The van der Waals surface area contributed by atoms with Gasteiger partial charge in [0, 0.05) is 15.2 Å². The highest BCUT2D eigenvalue weighted by molar-refractivity contribution is 7.25. The van der Waals surface area contributed by atoms with E-state index in [1.165, 1.54) is 32.9 Å². The summed E-state index contributed by atoms with van der Waals surface area (Å²) in [7, 11) is -1.42. The van der Waals surface area contributed by atoms with Gasteiger partial charge in [0.1, 0.15) is 0 Å². The summed E-state index contributed by atoms with van der Waals surface area (Å²) in [5.41, 5.74) is 1.16. The summed E-state index contributed by atoms with van der Waals surface area (Å²) in [6, 6.07) is 22.6. The Morgan fingerprint density at radius 3 is 1.86 bits per heavy atom. The molecule has 0 aliphatic heterocycles. The first kappa shape index (κ1) is 13.5. The van der Waals surface area contributed by atoms with Gasteiger partial charge < -0.3 is 10.0 Å². The van der Waals surface area contributed by atoms with E-state index in [2.05, 4.69) is 30.3 Å². The van der Waals surface area contributed by atoms with Crippen molar-refractivity contribution >= 4 is 44.8 Å². The maximum atomic E-state index is 9.38. The van der Waals surface area contributed by atoms with Gasteiger partial charge in [-0.2, -0.15) is 0 Å². The Morgan fingerprint density at radius 2 is 1.32 bits per heavy atom. The molecule has 4 rings (SSSR count). The molecule has 0 bridgehead atoms. The molecule has 0 saturated heterocycles. The number of hydrogen-bond donors (Lipinski definition) is 2. The Labute approximate surface area is 132 Å². The first-order valence-electron chi connectivity index (χ1n) is 7.11. The van der Waals surface area contributed by atoms with E-state index < -0.39 is 7.12 Å². The summed E-state index contributed by atoms with van der Waals surface area (Å²) >= 11 is 1.42. The van der Waals surface area contributed by atoms with Gasteiger partial charge in [-0.3, -0.25) is 0 Å². The third-order valence-electron chi connectivity index (χ3n) is 3.90. The fourth-order valence-electron chi connectivity index (χ4n) is 2.91. The second kappa shape index (κ2) is 5.25. The van der Waals surface area contributed by atoms with E-state index in [9.17, 15) is 10.0 Å². The zero-order valence-electron chi connectivity index (χ0n) is 11.7. The molecule has 0 saturated carbocycles. The lowest BCUT2D eigenvalue weighted by molar-refractivity contribution is 0.427. The molecule has 3 aromatic carbocycles. The Bertz CT molecular complexity index is 921. The van der Waals surface area contributed by atoms with E-state index in [1.54, 1.807) is 6.07 Å². The fraction of sp³-hybridized carbons (Fsp3) is 0. The van der Waals surface area contributed by atoms with E-state index in [4.69, 9.17) is 0 Å². The summed E-state index contributed by atoms with van der Waals surface area (Å²) < 4.78 is 0.562. The Balaban J connectivity index is 2.11. The lowest BCUT2D eigenvalue weighted by atomic mass is 9.89. The van der Waals surface area contributed by atoms with Gasteiger partial charge in [0.15, 0.2) is 0 Å². The minimum absolute atomic E-state index is 0.562. The molecule has 106 valence electrons. The van der Waals surface area contributed by atoms with Crippen LogP contribution in [0.1, 0.15) is 0 Å². The lowest BCUT2D eigenvalue weighted by Gasteiger charge is -2.10. The molecule has 0 unspecified atom stereocenters. The van der Waals surface area contributed by atoms with Crippen molar-refractivity contribution < 1.29 is 10.0 Å². The van der Waals surface area contributed by atoms with Gasteiger partial charge in [0.2, 0.25) is 0 Å². The van der Waals surface area contributed by atoms with E-state index in [0.717, 1.165) is 10.4 Å². The lowest BCUT2D eigenvalue weighted by Crippen LogP contribution is -2.26. The summed E-state index contributed by atoms with van der Waals surface area (Å²) in [4.78, 5) is 1.05. The van der Waals surface area contributed by atoms with Crippen molar-refractivity contribution in [3.8, 4) is 10.4 Å². The molecule has 0 spiro atoms. The average molecular weight is 304 g/mol. The topological polar surface area (TPSA) is 40.5 Å². The van der Waals surface area contributed by atoms with Crippen molar-refractivity contribution in [2.45, 2.75) is 0 Å². The number of benzene rings is 3. The zero-order valence-corrected chi connectivity index (χ0v) is 12.5. The maximum absolute atomic E-state index is 9.38. The van der Waals surface area contributed by atoms with Crippen molar-refractivity contribution in [2.75, 3.05) is 0 Å². The highest BCUT2D eigenvalue weighted by Gasteiger charge is 2.17. The van der Waals surface area contributed by atoms with Gasteiger partial charge in [-0.1, -0.05) is 54.6 Å². The Hall–Kier alpha value is -2.14. The van der Waals surface area contributed by atoms with Crippen LogP contribution >= 0.6 is 11.3 Å². The van der Waals surface area contributed by atoms with Crippen LogP contribution in [0.3, 0.4) is 0 Å². The molecule has 0 aliphatic rings. The average Bonchev–Trinajstić information content (AvgIpc) is 3.02.